The molecular formula is C12H33N3O3Y. The van der Waals surface area contributed by atoms with Crippen molar-refractivity contribution in [2.75, 3.05) is 42.3 Å². The molecule has 0 aliphatic carbocycles. The van der Waals surface area contributed by atoms with Gasteiger partial charge in [-0.1, -0.05) is 0 Å². The molecule has 3 N–H and O–H groups in total. The molecule has 0 aromatic carbocycles. The molecule has 0 aromatic heterocycles. The molecule has 3 atom stereocenters. The van der Waals surface area contributed by atoms with E-state index in [1.54, 1.807) is 35.5 Å². The molecule has 0 rings (SSSR count). The van der Waals surface area contributed by atoms with Crippen LogP contribution in [0.15, 0.2) is 0 Å². The zero-order valence-corrected chi connectivity index (χ0v) is 16.8. The molecule has 0 spiro atoms. The van der Waals surface area contributed by atoms with Gasteiger partial charge in [0.15, 0.2) is 0 Å². The maximum Gasteiger partial charge on any atom is 0.104 e. The molecular weight excluding hydrogens is 323 g/mol. The number of aliphatic hydroxyl groups is 3. The van der Waals surface area contributed by atoms with Crippen molar-refractivity contribution in [1.82, 2.24) is 14.7 Å². The van der Waals surface area contributed by atoms with E-state index in [0.717, 1.165) is 0 Å². The maximum absolute atomic E-state index is 8.56. The Labute approximate surface area is 144 Å². The van der Waals surface area contributed by atoms with Crippen molar-refractivity contribution in [3.05, 3.63) is 0 Å². The van der Waals surface area contributed by atoms with E-state index in [0.29, 0.717) is 0 Å². The van der Waals surface area contributed by atoms with E-state index in [1.165, 1.54) is 0 Å². The average molecular weight is 356 g/mol. The van der Waals surface area contributed by atoms with Crippen LogP contribution in [0.25, 0.3) is 0 Å². The smallest absolute Gasteiger partial charge is 0.104 e. The quantitative estimate of drug-likeness (QED) is 0.601. The van der Waals surface area contributed by atoms with Gasteiger partial charge in [-0.15, -0.1) is 0 Å². The summed E-state index contributed by atoms with van der Waals surface area (Å²) in [6.07, 6.45) is -0.944. The van der Waals surface area contributed by atoms with Gasteiger partial charge in [-0.25, -0.2) is 0 Å². The van der Waals surface area contributed by atoms with Crippen LogP contribution in [-0.4, -0.2) is 91.0 Å². The molecule has 1 radical (unpaired) electrons. The van der Waals surface area contributed by atoms with Gasteiger partial charge in [0, 0.05) is 32.7 Å². The van der Waals surface area contributed by atoms with Crippen LogP contribution >= 0.6 is 0 Å². The second kappa shape index (κ2) is 16.9. The predicted octanol–water partition coefficient (Wildman–Crippen LogP) is -0.344. The van der Waals surface area contributed by atoms with Crippen molar-refractivity contribution < 1.29 is 48.0 Å². The first-order chi connectivity index (χ1) is 7.93. The van der Waals surface area contributed by atoms with Crippen molar-refractivity contribution in [3.63, 3.8) is 0 Å². The number of hydrogen-bond acceptors (Lipinski definition) is 6. The minimum absolute atomic E-state index is 0. The summed E-state index contributed by atoms with van der Waals surface area (Å²) in [5.74, 6) is 0. The summed E-state index contributed by atoms with van der Waals surface area (Å²) in [5, 5.41) is 25.7. The van der Waals surface area contributed by atoms with Crippen molar-refractivity contribution in [1.29, 1.82) is 0 Å². The maximum atomic E-state index is 8.56. The topological polar surface area (TPSA) is 70.4 Å². The fourth-order valence-corrected chi connectivity index (χ4v) is 0. The molecule has 19 heavy (non-hydrogen) atoms. The Bertz CT molecular complexity index is 120. The van der Waals surface area contributed by atoms with Crippen molar-refractivity contribution >= 4 is 0 Å². The van der Waals surface area contributed by atoms with E-state index in [9.17, 15) is 0 Å². The molecule has 0 amide bonds. The summed E-state index contributed by atoms with van der Waals surface area (Å²) < 4.78 is 0. The zero-order chi connectivity index (χ0) is 15.5. The molecule has 0 bridgehead atoms. The minimum Gasteiger partial charge on any atom is -0.379 e. The zero-order valence-electron chi connectivity index (χ0n) is 14.0. The van der Waals surface area contributed by atoms with E-state index < -0.39 is 0 Å². The molecule has 0 aliphatic rings. The Hall–Kier alpha value is 0.864. The van der Waals surface area contributed by atoms with E-state index >= 15 is 0 Å². The number of aliphatic hydroxyl groups excluding tert-OH is 3. The van der Waals surface area contributed by atoms with Gasteiger partial charge < -0.3 is 15.3 Å². The largest absolute Gasteiger partial charge is 0.379 e. The Balaban J connectivity index is -0.0000000865. The summed E-state index contributed by atoms with van der Waals surface area (Å²) in [5.41, 5.74) is 0. The van der Waals surface area contributed by atoms with Crippen LogP contribution in [0.1, 0.15) is 20.8 Å². The number of nitrogens with zero attached hydrogens (tertiary/aromatic N) is 3. The normalized spacial score (nSPS) is 14.7. The van der Waals surface area contributed by atoms with Gasteiger partial charge >= 0.3 is 0 Å². The molecule has 3 unspecified atom stereocenters. The number of hydrogen-bond donors (Lipinski definition) is 3. The summed E-state index contributed by atoms with van der Waals surface area (Å²) >= 11 is 0. The van der Waals surface area contributed by atoms with Crippen LogP contribution < -0.4 is 0 Å². The van der Waals surface area contributed by atoms with Gasteiger partial charge in [0.05, 0.1) is 0 Å². The van der Waals surface area contributed by atoms with Crippen molar-refractivity contribution in [3.8, 4) is 0 Å². The first kappa shape index (κ1) is 28.1. The van der Waals surface area contributed by atoms with Gasteiger partial charge in [-0.3, -0.25) is 14.7 Å². The third-order valence-corrected chi connectivity index (χ3v) is 2.24. The van der Waals surface area contributed by atoms with Crippen LogP contribution in [0.4, 0.5) is 0 Å². The summed E-state index contributed by atoms with van der Waals surface area (Å²) in [7, 11) is 10.9. The summed E-state index contributed by atoms with van der Waals surface area (Å²) in [6.45, 7) is 5.17. The van der Waals surface area contributed by atoms with Gasteiger partial charge in [0.25, 0.3) is 0 Å². The fourth-order valence-electron chi connectivity index (χ4n) is 0. The molecule has 0 aliphatic heterocycles. The van der Waals surface area contributed by atoms with Crippen LogP contribution in [0.5, 0.6) is 0 Å². The second-order valence-electron chi connectivity index (χ2n) is 4.79. The van der Waals surface area contributed by atoms with Crippen LogP contribution in [-0.2, 0) is 32.7 Å². The standard InChI is InChI=1S/3C4H11NO.Y/c3*1-4(6)5(2)3;/h3*4,6H,1-3H3;. The molecule has 0 saturated carbocycles. The molecule has 117 valence electrons. The first-order valence-electron chi connectivity index (χ1n) is 5.96. The molecule has 7 heteroatoms. The van der Waals surface area contributed by atoms with Gasteiger partial charge in [-0.2, -0.15) is 0 Å². The average Bonchev–Trinajstić information content (AvgIpc) is 2.18. The molecule has 0 fully saturated rings. The number of rotatable bonds is 3. The van der Waals surface area contributed by atoms with Gasteiger partial charge in [0.1, 0.15) is 18.7 Å². The van der Waals surface area contributed by atoms with Gasteiger partial charge in [-0.05, 0) is 63.1 Å². The summed E-state index contributed by atoms with van der Waals surface area (Å²) in [4.78, 5) is 5.17. The summed E-state index contributed by atoms with van der Waals surface area (Å²) in [6, 6.07) is 0. The second-order valence-corrected chi connectivity index (χ2v) is 4.79. The van der Waals surface area contributed by atoms with Crippen LogP contribution in [0.2, 0.25) is 0 Å². The minimum atomic E-state index is -0.315. The Morgan fingerprint density at radius 2 is 0.579 bits per heavy atom. The third kappa shape index (κ3) is 32.4. The monoisotopic (exact) mass is 356 g/mol. The fraction of sp³-hybridized carbons (Fsp3) is 1.00. The predicted molar refractivity (Wildman–Crippen MR) is 76.1 cm³/mol. The van der Waals surface area contributed by atoms with E-state index in [-0.39, 0.29) is 51.4 Å². The van der Waals surface area contributed by atoms with Crippen LogP contribution in [0, 0.1) is 0 Å². The first-order valence-corrected chi connectivity index (χ1v) is 5.96. The van der Waals surface area contributed by atoms with E-state index in [2.05, 4.69) is 0 Å². The van der Waals surface area contributed by atoms with Gasteiger partial charge in [0.2, 0.25) is 0 Å². The van der Waals surface area contributed by atoms with Crippen LogP contribution in [0.3, 0.4) is 0 Å². The molecule has 0 saturated heterocycles. The van der Waals surface area contributed by atoms with E-state index in [1.807, 2.05) is 42.3 Å². The molecule has 0 aromatic rings. The molecule has 0 heterocycles. The third-order valence-electron chi connectivity index (χ3n) is 2.24. The van der Waals surface area contributed by atoms with Crippen molar-refractivity contribution in [2.45, 2.75) is 39.5 Å². The van der Waals surface area contributed by atoms with Crippen molar-refractivity contribution in [2.24, 2.45) is 0 Å². The Morgan fingerprint density at radius 3 is 0.579 bits per heavy atom. The van der Waals surface area contributed by atoms with E-state index in [4.69, 9.17) is 15.3 Å². The molecule has 6 nitrogen and oxygen atoms in total. The Kier molecular flexibility index (Phi) is 25.0. The SMILES string of the molecule is CC(O)N(C)C.CC(O)N(C)C.CC(O)N(C)C.[Y]. The Morgan fingerprint density at radius 1 is 0.526 bits per heavy atom.